The maximum absolute atomic E-state index is 12.1. The van der Waals surface area contributed by atoms with Gasteiger partial charge in [-0.05, 0) is 23.8 Å². The van der Waals surface area contributed by atoms with Crippen molar-refractivity contribution in [2.24, 2.45) is 7.05 Å². The van der Waals surface area contributed by atoms with Crippen LogP contribution >= 0.6 is 11.6 Å². The van der Waals surface area contributed by atoms with Gasteiger partial charge in [0.2, 0.25) is 0 Å². The molecule has 0 amide bonds. The number of aromatic nitrogens is 1. The zero-order chi connectivity index (χ0) is 14.0. The Bertz CT molecular complexity index is 646. The van der Waals surface area contributed by atoms with Gasteiger partial charge < -0.3 is 9.67 Å². The minimum absolute atomic E-state index is 0.0921. The summed E-state index contributed by atoms with van der Waals surface area (Å²) in [6, 6.07) is 8.43. The summed E-state index contributed by atoms with van der Waals surface area (Å²) in [6.07, 6.45) is 1.72. The summed E-state index contributed by atoms with van der Waals surface area (Å²) >= 11 is 5.85. The van der Waals surface area contributed by atoms with Crippen molar-refractivity contribution in [2.75, 3.05) is 0 Å². The highest BCUT2D eigenvalue weighted by Gasteiger charge is 2.15. The molecule has 1 heterocycles. The van der Waals surface area contributed by atoms with Crippen molar-refractivity contribution in [2.45, 2.75) is 6.42 Å². The average Bonchev–Trinajstić information content (AvgIpc) is 2.71. The number of carboxylic acid groups (broad SMARTS) is 1. The Morgan fingerprint density at radius 1 is 1.32 bits per heavy atom. The lowest BCUT2D eigenvalue weighted by Crippen LogP contribution is -2.02. The Labute approximate surface area is 115 Å². The standard InChI is InChI=1S/C14H12ClNO3/c1-16-8-10(7-12(16)14(18)19)13(17)6-9-3-2-4-11(15)5-9/h2-5,7-8H,6H2,1H3,(H,18,19). The quantitative estimate of drug-likeness (QED) is 0.874. The summed E-state index contributed by atoms with van der Waals surface area (Å²) in [6.45, 7) is 0. The lowest BCUT2D eigenvalue weighted by atomic mass is 10.1. The number of hydrogen-bond acceptors (Lipinski definition) is 2. The van der Waals surface area contributed by atoms with E-state index in [1.54, 1.807) is 25.2 Å². The number of ketones is 1. The zero-order valence-corrected chi connectivity index (χ0v) is 11.0. The first-order valence-electron chi connectivity index (χ1n) is 5.64. The highest BCUT2D eigenvalue weighted by molar-refractivity contribution is 6.30. The predicted molar refractivity (Wildman–Crippen MR) is 71.9 cm³/mol. The second kappa shape index (κ2) is 5.28. The third-order valence-electron chi connectivity index (χ3n) is 2.80. The fourth-order valence-corrected chi connectivity index (χ4v) is 2.08. The van der Waals surface area contributed by atoms with E-state index in [9.17, 15) is 9.59 Å². The van der Waals surface area contributed by atoms with Crippen LogP contribution in [0.2, 0.25) is 5.02 Å². The van der Waals surface area contributed by atoms with Gasteiger partial charge in [-0.15, -0.1) is 0 Å². The molecule has 0 bridgehead atoms. The van der Waals surface area contributed by atoms with Crippen molar-refractivity contribution >= 4 is 23.4 Å². The van der Waals surface area contributed by atoms with Gasteiger partial charge in [0, 0.05) is 30.3 Å². The topological polar surface area (TPSA) is 59.3 Å². The van der Waals surface area contributed by atoms with E-state index >= 15 is 0 Å². The molecule has 98 valence electrons. The maximum Gasteiger partial charge on any atom is 0.352 e. The second-order valence-corrected chi connectivity index (χ2v) is 4.70. The Kier molecular flexibility index (Phi) is 3.71. The van der Waals surface area contributed by atoms with Gasteiger partial charge in [0.25, 0.3) is 0 Å². The Morgan fingerprint density at radius 3 is 2.63 bits per heavy atom. The van der Waals surface area contributed by atoms with Crippen LogP contribution in [0.15, 0.2) is 36.5 Å². The SMILES string of the molecule is Cn1cc(C(=O)Cc2cccc(Cl)c2)cc1C(=O)O. The number of carboxylic acids is 1. The van der Waals surface area contributed by atoms with E-state index in [-0.39, 0.29) is 17.9 Å². The van der Waals surface area contributed by atoms with E-state index < -0.39 is 5.97 Å². The molecule has 1 N–H and O–H groups in total. The number of aryl methyl sites for hydroxylation is 1. The number of benzene rings is 1. The Morgan fingerprint density at radius 2 is 2.05 bits per heavy atom. The molecule has 0 aliphatic heterocycles. The van der Waals surface area contributed by atoms with Gasteiger partial charge in [-0.25, -0.2) is 4.79 Å². The number of hydrogen-bond donors (Lipinski definition) is 1. The molecule has 19 heavy (non-hydrogen) atoms. The summed E-state index contributed by atoms with van der Waals surface area (Å²) in [5.41, 5.74) is 1.28. The average molecular weight is 278 g/mol. The van der Waals surface area contributed by atoms with Crippen LogP contribution in [0.5, 0.6) is 0 Å². The van der Waals surface area contributed by atoms with Crippen LogP contribution in [0.25, 0.3) is 0 Å². The number of rotatable bonds is 4. The summed E-state index contributed by atoms with van der Waals surface area (Å²) in [5.74, 6) is -1.19. The third kappa shape index (κ3) is 3.03. The molecule has 2 rings (SSSR count). The second-order valence-electron chi connectivity index (χ2n) is 4.26. The molecule has 0 spiro atoms. The molecule has 0 radical (unpaired) electrons. The maximum atomic E-state index is 12.1. The van der Waals surface area contributed by atoms with Crippen LogP contribution in [0.4, 0.5) is 0 Å². The van der Waals surface area contributed by atoms with Crippen LogP contribution in [0.3, 0.4) is 0 Å². The summed E-state index contributed by atoms with van der Waals surface area (Å²) in [5, 5.41) is 9.51. The van der Waals surface area contributed by atoms with Crippen molar-refractivity contribution in [3.8, 4) is 0 Å². The van der Waals surface area contributed by atoms with E-state index in [1.165, 1.54) is 16.8 Å². The largest absolute Gasteiger partial charge is 0.477 e. The molecular formula is C14H12ClNO3. The molecule has 0 fully saturated rings. The van der Waals surface area contributed by atoms with Gasteiger partial charge in [-0.3, -0.25) is 4.79 Å². The highest BCUT2D eigenvalue weighted by atomic mass is 35.5. The van der Waals surface area contributed by atoms with Crippen molar-refractivity contribution in [3.63, 3.8) is 0 Å². The van der Waals surface area contributed by atoms with E-state index in [2.05, 4.69) is 0 Å². The van der Waals surface area contributed by atoms with Gasteiger partial charge >= 0.3 is 5.97 Å². The molecule has 4 nitrogen and oxygen atoms in total. The number of aromatic carboxylic acids is 1. The van der Waals surface area contributed by atoms with Crippen molar-refractivity contribution in [1.82, 2.24) is 4.57 Å². The third-order valence-corrected chi connectivity index (χ3v) is 3.03. The number of carbonyl (C=O) groups excluding carboxylic acids is 1. The normalized spacial score (nSPS) is 10.4. The van der Waals surface area contributed by atoms with Gasteiger partial charge in [-0.1, -0.05) is 23.7 Å². The molecule has 5 heteroatoms. The summed E-state index contributed by atoms with van der Waals surface area (Å²) in [4.78, 5) is 23.0. The van der Waals surface area contributed by atoms with E-state index in [0.29, 0.717) is 10.6 Å². The zero-order valence-electron chi connectivity index (χ0n) is 10.3. The monoisotopic (exact) mass is 277 g/mol. The molecule has 1 aromatic heterocycles. The van der Waals surface area contributed by atoms with E-state index in [0.717, 1.165) is 5.56 Å². The molecule has 0 unspecified atom stereocenters. The van der Waals surface area contributed by atoms with Crippen molar-refractivity contribution in [3.05, 3.63) is 58.4 Å². The lowest BCUT2D eigenvalue weighted by molar-refractivity contribution is 0.0686. The van der Waals surface area contributed by atoms with Crippen LogP contribution in [-0.2, 0) is 13.5 Å². The number of halogens is 1. The summed E-state index contributed by atoms with van der Waals surface area (Å²) < 4.78 is 1.42. The van der Waals surface area contributed by atoms with Gasteiger partial charge in [0.05, 0.1) is 0 Å². The number of nitrogens with zero attached hydrogens (tertiary/aromatic N) is 1. The molecule has 1 aromatic carbocycles. The first kappa shape index (κ1) is 13.4. The Hall–Kier alpha value is -2.07. The van der Waals surface area contributed by atoms with E-state index in [4.69, 9.17) is 16.7 Å². The molecule has 0 saturated heterocycles. The number of carbonyl (C=O) groups is 2. The van der Waals surface area contributed by atoms with Crippen LogP contribution < -0.4 is 0 Å². The van der Waals surface area contributed by atoms with Crippen LogP contribution in [-0.4, -0.2) is 21.4 Å². The highest BCUT2D eigenvalue weighted by Crippen LogP contribution is 2.15. The molecule has 0 saturated carbocycles. The number of Topliss-reactive ketones (excluding diaryl/α,β-unsaturated/α-hetero) is 1. The molecule has 0 atom stereocenters. The molecule has 2 aromatic rings. The van der Waals surface area contributed by atoms with Crippen molar-refractivity contribution in [1.29, 1.82) is 0 Å². The molecule has 0 aliphatic rings. The minimum atomic E-state index is -1.05. The minimum Gasteiger partial charge on any atom is -0.477 e. The van der Waals surface area contributed by atoms with Crippen molar-refractivity contribution < 1.29 is 14.7 Å². The van der Waals surface area contributed by atoms with Gasteiger partial charge in [0.1, 0.15) is 5.69 Å². The van der Waals surface area contributed by atoms with Gasteiger partial charge in [-0.2, -0.15) is 0 Å². The van der Waals surface area contributed by atoms with E-state index in [1.807, 2.05) is 6.07 Å². The Balaban J connectivity index is 2.21. The molecule has 0 aliphatic carbocycles. The first-order valence-corrected chi connectivity index (χ1v) is 6.02. The first-order chi connectivity index (χ1) is 8.97. The predicted octanol–water partition coefficient (Wildman–Crippen LogP) is 2.80. The van der Waals surface area contributed by atoms with Crippen LogP contribution in [0, 0.1) is 0 Å². The lowest BCUT2D eigenvalue weighted by Gasteiger charge is -1.99. The van der Waals surface area contributed by atoms with Crippen LogP contribution in [0.1, 0.15) is 26.4 Å². The smallest absolute Gasteiger partial charge is 0.352 e. The van der Waals surface area contributed by atoms with Gasteiger partial charge in [0.15, 0.2) is 5.78 Å². The fraction of sp³-hybridized carbons (Fsp3) is 0.143. The fourth-order valence-electron chi connectivity index (χ4n) is 1.86. The molecular weight excluding hydrogens is 266 g/mol. The summed E-state index contributed by atoms with van der Waals surface area (Å²) in [7, 11) is 1.60.